The van der Waals surface area contributed by atoms with Crippen molar-refractivity contribution in [3.05, 3.63) is 71.8 Å². The lowest BCUT2D eigenvalue weighted by molar-refractivity contribution is 0.00451. The topological polar surface area (TPSA) is 32.7 Å². The molecule has 0 radical (unpaired) electrons. The molecule has 1 saturated heterocycles. The number of aliphatic hydroxyl groups excluding tert-OH is 1. The van der Waals surface area contributed by atoms with Gasteiger partial charge in [0.05, 0.1) is 19.3 Å². The van der Waals surface area contributed by atoms with Crippen LogP contribution in [0.15, 0.2) is 60.7 Å². The van der Waals surface area contributed by atoms with E-state index in [1.54, 1.807) is 0 Å². The Hall–Kier alpha value is -1.39. The number of hydrogen-bond donors (Lipinski definition) is 1. The van der Waals surface area contributed by atoms with E-state index in [1.807, 2.05) is 30.3 Å². The van der Waals surface area contributed by atoms with Crippen LogP contribution in [-0.4, -0.2) is 42.4 Å². The van der Waals surface area contributed by atoms with Crippen molar-refractivity contribution in [2.75, 3.05) is 26.2 Å². The molecule has 142 valence electrons. The normalized spacial score (nSPS) is 16.8. The second kappa shape index (κ2) is 11.3. The summed E-state index contributed by atoms with van der Waals surface area (Å²) in [4.78, 5) is 2.37. The SMILES string of the molecule is Cl.OC(COCc1ccccc1)CN1CCC(Cc2ccccc2)CC1. The molecule has 4 heteroatoms. The molecular formula is C22H30ClNO2. The molecule has 0 aliphatic carbocycles. The monoisotopic (exact) mass is 375 g/mol. The van der Waals surface area contributed by atoms with Crippen LogP contribution in [-0.2, 0) is 17.8 Å². The number of likely N-dealkylation sites (tertiary alicyclic amines) is 1. The fraction of sp³-hybridized carbons (Fsp3) is 0.455. The summed E-state index contributed by atoms with van der Waals surface area (Å²) in [6.45, 7) is 3.84. The lowest BCUT2D eigenvalue weighted by Gasteiger charge is -2.33. The summed E-state index contributed by atoms with van der Waals surface area (Å²) in [5, 5.41) is 10.2. The van der Waals surface area contributed by atoms with Gasteiger partial charge in [0, 0.05) is 6.54 Å². The molecule has 0 aromatic heterocycles. The van der Waals surface area contributed by atoms with Crippen molar-refractivity contribution in [3.8, 4) is 0 Å². The minimum absolute atomic E-state index is 0. The molecule has 1 atom stereocenters. The maximum absolute atomic E-state index is 10.2. The largest absolute Gasteiger partial charge is 0.389 e. The first-order valence-corrected chi connectivity index (χ1v) is 9.35. The predicted molar refractivity (Wildman–Crippen MR) is 109 cm³/mol. The summed E-state index contributed by atoms with van der Waals surface area (Å²) in [5.74, 6) is 0.769. The van der Waals surface area contributed by atoms with Gasteiger partial charge >= 0.3 is 0 Å². The Balaban J connectivity index is 0.00000243. The molecule has 0 bridgehead atoms. The van der Waals surface area contributed by atoms with E-state index in [0.29, 0.717) is 19.8 Å². The van der Waals surface area contributed by atoms with E-state index in [-0.39, 0.29) is 12.4 Å². The highest BCUT2D eigenvalue weighted by atomic mass is 35.5. The third-order valence-corrected chi connectivity index (χ3v) is 4.97. The summed E-state index contributed by atoms with van der Waals surface area (Å²) in [6.07, 6.45) is 3.20. The minimum atomic E-state index is -0.408. The zero-order valence-electron chi connectivity index (χ0n) is 15.3. The number of nitrogens with zero attached hydrogens (tertiary/aromatic N) is 1. The van der Waals surface area contributed by atoms with Crippen LogP contribution in [0.3, 0.4) is 0 Å². The van der Waals surface area contributed by atoms with E-state index in [1.165, 1.54) is 24.8 Å². The number of hydrogen-bond acceptors (Lipinski definition) is 3. The molecule has 26 heavy (non-hydrogen) atoms. The Morgan fingerprint density at radius 1 is 0.923 bits per heavy atom. The average Bonchev–Trinajstić information content (AvgIpc) is 2.65. The van der Waals surface area contributed by atoms with Gasteiger partial charge in [-0.25, -0.2) is 0 Å². The van der Waals surface area contributed by atoms with Gasteiger partial charge in [0.25, 0.3) is 0 Å². The van der Waals surface area contributed by atoms with Gasteiger partial charge in [0.2, 0.25) is 0 Å². The fourth-order valence-corrected chi connectivity index (χ4v) is 3.56. The van der Waals surface area contributed by atoms with E-state index in [9.17, 15) is 5.11 Å². The first-order valence-electron chi connectivity index (χ1n) is 9.35. The van der Waals surface area contributed by atoms with Crippen molar-refractivity contribution in [2.24, 2.45) is 5.92 Å². The Kier molecular flexibility index (Phi) is 9.13. The molecule has 1 unspecified atom stereocenters. The molecule has 1 aliphatic rings. The summed E-state index contributed by atoms with van der Waals surface area (Å²) < 4.78 is 5.65. The number of halogens is 1. The zero-order valence-corrected chi connectivity index (χ0v) is 16.1. The zero-order chi connectivity index (χ0) is 17.3. The van der Waals surface area contributed by atoms with Crippen LogP contribution in [0.1, 0.15) is 24.0 Å². The maximum Gasteiger partial charge on any atom is 0.0900 e. The fourth-order valence-electron chi connectivity index (χ4n) is 3.56. The van der Waals surface area contributed by atoms with E-state index < -0.39 is 6.10 Å². The van der Waals surface area contributed by atoms with E-state index in [2.05, 4.69) is 35.2 Å². The molecule has 1 aliphatic heterocycles. The molecule has 0 saturated carbocycles. The Morgan fingerprint density at radius 3 is 2.12 bits per heavy atom. The van der Waals surface area contributed by atoms with Gasteiger partial charge in [0.15, 0.2) is 0 Å². The lowest BCUT2D eigenvalue weighted by atomic mass is 9.90. The molecule has 2 aromatic rings. The second-order valence-electron chi connectivity index (χ2n) is 7.09. The second-order valence-corrected chi connectivity index (χ2v) is 7.09. The van der Waals surface area contributed by atoms with Gasteiger partial charge in [-0.05, 0) is 49.4 Å². The van der Waals surface area contributed by atoms with Crippen molar-refractivity contribution in [1.29, 1.82) is 0 Å². The molecule has 3 rings (SSSR count). The van der Waals surface area contributed by atoms with Crippen LogP contribution in [0.25, 0.3) is 0 Å². The van der Waals surface area contributed by atoms with Crippen LogP contribution >= 0.6 is 12.4 Å². The summed E-state index contributed by atoms with van der Waals surface area (Å²) in [6, 6.07) is 20.9. The lowest BCUT2D eigenvalue weighted by Crippen LogP contribution is -2.40. The van der Waals surface area contributed by atoms with Crippen molar-refractivity contribution >= 4 is 12.4 Å². The quantitative estimate of drug-likeness (QED) is 0.758. The number of rotatable bonds is 8. The highest BCUT2D eigenvalue weighted by Crippen LogP contribution is 2.21. The molecule has 3 nitrogen and oxygen atoms in total. The number of ether oxygens (including phenoxy) is 1. The Bertz CT molecular complexity index is 600. The number of aliphatic hydroxyl groups is 1. The van der Waals surface area contributed by atoms with Crippen molar-refractivity contribution < 1.29 is 9.84 Å². The summed E-state index contributed by atoms with van der Waals surface area (Å²) >= 11 is 0. The Morgan fingerprint density at radius 2 is 1.50 bits per heavy atom. The highest BCUT2D eigenvalue weighted by Gasteiger charge is 2.21. The molecule has 2 aromatic carbocycles. The van der Waals surface area contributed by atoms with Gasteiger partial charge in [-0.2, -0.15) is 0 Å². The minimum Gasteiger partial charge on any atom is -0.389 e. The molecular weight excluding hydrogens is 346 g/mol. The van der Waals surface area contributed by atoms with Crippen LogP contribution in [0, 0.1) is 5.92 Å². The number of piperidine rings is 1. The van der Waals surface area contributed by atoms with E-state index >= 15 is 0 Å². The van der Waals surface area contributed by atoms with Crippen LogP contribution in [0.4, 0.5) is 0 Å². The van der Waals surface area contributed by atoms with E-state index in [0.717, 1.165) is 24.6 Å². The maximum atomic E-state index is 10.2. The highest BCUT2D eigenvalue weighted by molar-refractivity contribution is 5.85. The number of benzene rings is 2. The summed E-state index contributed by atoms with van der Waals surface area (Å²) in [7, 11) is 0. The number of β-amino-alcohol motifs (C(OH)–C–C–N with tert-alkyl or cyclic N) is 1. The first kappa shape index (κ1) is 20.9. The standard InChI is InChI=1S/C22H29NO2.ClH/c24-22(18-25-17-21-9-5-2-6-10-21)16-23-13-11-20(12-14-23)15-19-7-3-1-4-8-19;/h1-10,20,22,24H,11-18H2;1H. The van der Waals surface area contributed by atoms with Crippen molar-refractivity contribution in [3.63, 3.8) is 0 Å². The smallest absolute Gasteiger partial charge is 0.0900 e. The summed E-state index contributed by atoms with van der Waals surface area (Å²) in [5.41, 5.74) is 2.59. The Labute approximate surface area is 163 Å². The van der Waals surface area contributed by atoms with Gasteiger partial charge in [-0.1, -0.05) is 60.7 Å². The molecule has 1 fully saturated rings. The molecule has 1 heterocycles. The first-order chi connectivity index (χ1) is 12.3. The van der Waals surface area contributed by atoms with Gasteiger partial charge in [0.1, 0.15) is 0 Å². The predicted octanol–water partition coefficient (Wildman–Crippen LogP) is 3.94. The molecule has 0 spiro atoms. The van der Waals surface area contributed by atoms with Gasteiger partial charge in [-0.3, -0.25) is 0 Å². The van der Waals surface area contributed by atoms with Crippen molar-refractivity contribution in [1.82, 2.24) is 4.90 Å². The third kappa shape index (κ3) is 7.08. The van der Waals surface area contributed by atoms with Crippen LogP contribution in [0.2, 0.25) is 0 Å². The van der Waals surface area contributed by atoms with Crippen molar-refractivity contribution in [2.45, 2.75) is 32.0 Å². The van der Waals surface area contributed by atoms with Crippen LogP contribution < -0.4 is 0 Å². The molecule has 1 N–H and O–H groups in total. The van der Waals surface area contributed by atoms with E-state index in [4.69, 9.17) is 4.74 Å². The average molecular weight is 376 g/mol. The van der Waals surface area contributed by atoms with Gasteiger partial charge in [-0.15, -0.1) is 12.4 Å². The van der Waals surface area contributed by atoms with Crippen LogP contribution in [0.5, 0.6) is 0 Å². The molecule has 0 amide bonds. The third-order valence-electron chi connectivity index (χ3n) is 4.97. The van der Waals surface area contributed by atoms with Gasteiger partial charge < -0.3 is 14.7 Å².